The quantitative estimate of drug-likeness (QED) is 0.224. The standard InChI is InChI=1S/C36H31N3O5S/c1-20(2)23-13-15-24(16-14-23)32-31(33(40)38-25-9-6-5-7-10-25)22(4)37-36-39(32)34(41)30(45-36)19-26-17-18-29(44-26)27-11-8-12-28(21(27)3)35(42)43/h5-20,32H,1-4H3,(H,38,40)(H,42,43)/b30-19-/t32-/m1/s1. The molecule has 9 heteroatoms. The number of rotatable bonds is 7. The molecule has 45 heavy (non-hydrogen) atoms. The van der Waals surface area contributed by atoms with Crippen molar-refractivity contribution in [3.8, 4) is 11.3 Å². The normalized spacial score (nSPS) is 14.8. The Kier molecular flexibility index (Phi) is 7.95. The Balaban J connectivity index is 1.45. The number of aromatic carboxylic acids is 1. The van der Waals surface area contributed by atoms with Crippen molar-refractivity contribution < 1.29 is 19.1 Å². The Labute approximate surface area is 263 Å². The Morgan fingerprint density at radius 3 is 2.40 bits per heavy atom. The Morgan fingerprint density at radius 2 is 1.71 bits per heavy atom. The number of carboxylic acid groups (broad SMARTS) is 1. The lowest BCUT2D eigenvalue weighted by molar-refractivity contribution is -0.113. The van der Waals surface area contributed by atoms with E-state index >= 15 is 0 Å². The van der Waals surface area contributed by atoms with Gasteiger partial charge in [0.25, 0.3) is 11.5 Å². The number of allylic oxidation sites excluding steroid dienone is 1. The van der Waals surface area contributed by atoms with Gasteiger partial charge in [-0.1, -0.05) is 79.8 Å². The highest BCUT2D eigenvalue weighted by Crippen LogP contribution is 2.32. The van der Waals surface area contributed by atoms with Gasteiger partial charge in [0.05, 0.1) is 27.4 Å². The van der Waals surface area contributed by atoms with Crippen LogP contribution in [0.25, 0.3) is 17.4 Å². The van der Waals surface area contributed by atoms with E-state index in [2.05, 4.69) is 19.2 Å². The molecule has 0 spiro atoms. The second-order valence-corrected chi connectivity index (χ2v) is 12.2. The number of aromatic nitrogens is 1. The third-order valence-electron chi connectivity index (χ3n) is 7.95. The fraction of sp³-hybridized carbons (Fsp3) is 0.167. The first-order valence-corrected chi connectivity index (χ1v) is 15.4. The van der Waals surface area contributed by atoms with E-state index in [-0.39, 0.29) is 17.0 Å². The molecule has 0 aliphatic carbocycles. The van der Waals surface area contributed by atoms with E-state index in [1.165, 1.54) is 11.3 Å². The van der Waals surface area contributed by atoms with E-state index in [9.17, 15) is 19.5 Å². The molecule has 0 bridgehead atoms. The summed E-state index contributed by atoms with van der Waals surface area (Å²) in [5.41, 5.74) is 4.67. The molecule has 3 heterocycles. The third kappa shape index (κ3) is 5.70. The molecule has 226 valence electrons. The summed E-state index contributed by atoms with van der Waals surface area (Å²) in [5.74, 6) is -0.0840. The number of anilines is 1. The molecular formula is C36H31N3O5S. The predicted molar refractivity (Wildman–Crippen MR) is 175 cm³/mol. The topological polar surface area (TPSA) is 114 Å². The van der Waals surface area contributed by atoms with Gasteiger partial charge >= 0.3 is 5.97 Å². The van der Waals surface area contributed by atoms with Crippen LogP contribution >= 0.6 is 11.3 Å². The largest absolute Gasteiger partial charge is 0.478 e. The molecule has 0 saturated heterocycles. The lowest BCUT2D eigenvalue weighted by Gasteiger charge is -2.25. The number of nitrogens with zero attached hydrogens (tertiary/aromatic N) is 2. The summed E-state index contributed by atoms with van der Waals surface area (Å²) >= 11 is 1.22. The van der Waals surface area contributed by atoms with Crippen molar-refractivity contribution in [2.24, 2.45) is 4.99 Å². The van der Waals surface area contributed by atoms with Crippen LogP contribution in [0.1, 0.15) is 65.5 Å². The van der Waals surface area contributed by atoms with Crippen molar-refractivity contribution in [1.82, 2.24) is 4.57 Å². The maximum absolute atomic E-state index is 14.1. The van der Waals surface area contributed by atoms with Crippen LogP contribution in [0.3, 0.4) is 0 Å². The minimum absolute atomic E-state index is 0.197. The minimum Gasteiger partial charge on any atom is -0.478 e. The van der Waals surface area contributed by atoms with Gasteiger partial charge in [-0.25, -0.2) is 9.79 Å². The first kappa shape index (κ1) is 29.8. The maximum Gasteiger partial charge on any atom is 0.335 e. The van der Waals surface area contributed by atoms with Gasteiger partial charge in [0.2, 0.25) is 0 Å². The number of carbonyl (C=O) groups excluding carboxylic acids is 1. The fourth-order valence-corrected chi connectivity index (χ4v) is 6.58. The number of hydrogen-bond acceptors (Lipinski definition) is 6. The molecule has 8 nitrogen and oxygen atoms in total. The first-order chi connectivity index (χ1) is 21.6. The molecule has 2 N–H and O–H groups in total. The van der Waals surface area contributed by atoms with Gasteiger partial charge in [0.15, 0.2) is 4.80 Å². The summed E-state index contributed by atoms with van der Waals surface area (Å²) in [5, 5.41) is 12.5. The summed E-state index contributed by atoms with van der Waals surface area (Å²) in [6.45, 7) is 7.76. The molecule has 5 aromatic rings. The second kappa shape index (κ2) is 12.0. The predicted octanol–water partition coefficient (Wildman–Crippen LogP) is 6.26. The molecule has 1 atom stereocenters. The number of carbonyl (C=O) groups is 2. The summed E-state index contributed by atoms with van der Waals surface area (Å²) in [4.78, 5) is 44.7. The molecule has 1 aliphatic heterocycles. The molecule has 0 unspecified atom stereocenters. The van der Waals surface area contributed by atoms with Crippen molar-refractivity contribution >= 4 is 35.0 Å². The van der Waals surface area contributed by atoms with E-state index in [4.69, 9.17) is 9.41 Å². The molecule has 3 aromatic carbocycles. The number of amides is 1. The van der Waals surface area contributed by atoms with Gasteiger partial charge in [-0.2, -0.15) is 0 Å². The number of benzene rings is 3. The van der Waals surface area contributed by atoms with Gasteiger partial charge in [-0.05, 0) is 66.8 Å². The van der Waals surface area contributed by atoms with E-state index in [1.807, 2.05) is 54.6 Å². The van der Waals surface area contributed by atoms with Crippen molar-refractivity contribution in [2.75, 3.05) is 5.32 Å². The van der Waals surface area contributed by atoms with Crippen molar-refractivity contribution in [3.63, 3.8) is 0 Å². The highest BCUT2D eigenvalue weighted by molar-refractivity contribution is 7.07. The van der Waals surface area contributed by atoms with E-state index in [0.29, 0.717) is 54.9 Å². The van der Waals surface area contributed by atoms with Crippen LogP contribution in [0.4, 0.5) is 5.69 Å². The molecule has 1 aliphatic rings. The first-order valence-electron chi connectivity index (χ1n) is 14.5. The number of nitrogens with one attached hydrogen (secondary N) is 1. The third-order valence-corrected chi connectivity index (χ3v) is 8.93. The van der Waals surface area contributed by atoms with E-state index < -0.39 is 12.0 Å². The number of furan rings is 1. The van der Waals surface area contributed by atoms with Gasteiger partial charge in [0, 0.05) is 17.3 Å². The highest BCUT2D eigenvalue weighted by atomic mass is 32.1. The Hall–Kier alpha value is -5.28. The molecule has 0 fully saturated rings. The minimum atomic E-state index is -1.01. The van der Waals surface area contributed by atoms with Crippen LogP contribution < -0.4 is 20.2 Å². The molecule has 0 saturated carbocycles. The summed E-state index contributed by atoms with van der Waals surface area (Å²) < 4.78 is 8.05. The maximum atomic E-state index is 14.1. The Bertz CT molecular complexity index is 2150. The smallest absolute Gasteiger partial charge is 0.335 e. The van der Waals surface area contributed by atoms with Crippen LogP contribution in [0.2, 0.25) is 0 Å². The number of carboxylic acids is 1. The van der Waals surface area contributed by atoms with Crippen LogP contribution in [-0.2, 0) is 4.79 Å². The summed E-state index contributed by atoms with van der Waals surface area (Å²) in [7, 11) is 0. The van der Waals surface area contributed by atoms with Crippen LogP contribution in [0.5, 0.6) is 0 Å². The van der Waals surface area contributed by atoms with Crippen LogP contribution in [-0.4, -0.2) is 21.6 Å². The summed E-state index contributed by atoms with van der Waals surface area (Å²) in [6.07, 6.45) is 1.66. The average molecular weight is 618 g/mol. The second-order valence-electron chi connectivity index (χ2n) is 11.2. The highest BCUT2D eigenvalue weighted by Gasteiger charge is 2.32. The number of fused-ring (bicyclic) bond motifs is 1. The average Bonchev–Trinajstić information content (AvgIpc) is 3.60. The van der Waals surface area contributed by atoms with Crippen molar-refractivity contribution in [1.29, 1.82) is 0 Å². The number of para-hydroxylation sites is 1. The lowest BCUT2D eigenvalue weighted by atomic mass is 9.93. The van der Waals surface area contributed by atoms with Crippen molar-refractivity contribution in [3.05, 3.63) is 144 Å². The molecule has 6 rings (SSSR count). The zero-order valence-corrected chi connectivity index (χ0v) is 26.0. The SMILES string of the molecule is CC1=C(C(=O)Nc2ccccc2)[C@@H](c2ccc(C(C)C)cc2)n2c(s/c(=C\c3ccc(-c4cccc(C(=O)O)c4C)o3)c2=O)=N1. The molecule has 0 radical (unpaired) electrons. The zero-order chi connectivity index (χ0) is 31.8. The number of hydrogen-bond donors (Lipinski definition) is 2. The monoisotopic (exact) mass is 617 g/mol. The Morgan fingerprint density at radius 1 is 0.978 bits per heavy atom. The number of thiazole rings is 1. The van der Waals surface area contributed by atoms with Gasteiger partial charge in [-0.3, -0.25) is 14.2 Å². The summed E-state index contributed by atoms with van der Waals surface area (Å²) in [6, 6.07) is 25.0. The van der Waals surface area contributed by atoms with Gasteiger partial charge < -0.3 is 14.8 Å². The van der Waals surface area contributed by atoms with E-state index in [1.54, 1.807) is 54.8 Å². The molecule has 1 amide bonds. The van der Waals surface area contributed by atoms with E-state index in [0.717, 1.165) is 11.1 Å². The van der Waals surface area contributed by atoms with Gasteiger partial charge in [0.1, 0.15) is 11.5 Å². The van der Waals surface area contributed by atoms with Crippen LogP contribution in [0.15, 0.2) is 110 Å². The fourth-order valence-electron chi connectivity index (χ4n) is 5.55. The van der Waals surface area contributed by atoms with Crippen molar-refractivity contribution in [2.45, 2.75) is 39.7 Å². The molecular weight excluding hydrogens is 586 g/mol. The zero-order valence-electron chi connectivity index (χ0n) is 25.2. The van der Waals surface area contributed by atoms with Gasteiger partial charge in [-0.15, -0.1) is 0 Å². The van der Waals surface area contributed by atoms with Crippen LogP contribution in [0, 0.1) is 6.92 Å². The molecule has 2 aromatic heterocycles. The lowest BCUT2D eigenvalue weighted by Crippen LogP contribution is -2.40.